The molecule has 0 unspecified atom stereocenters. The van der Waals surface area contributed by atoms with Crippen molar-refractivity contribution in [2.75, 3.05) is 0 Å². The molecule has 0 spiro atoms. The van der Waals surface area contributed by atoms with Crippen LogP contribution < -0.4 is 10.4 Å². The number of rotatable bonds is 5. The molecular weight excluding hydrogens is 753 g/mol. The van der Waals surface area contributed by atoms with E-state index < -0.39 is 22.0 Å². The van der Waals surface area contributed by atoms with Crippen molar-refractivity contribution in [2.24, 2.45) is 0 Å². The van der Waals surface area contributed by atoms with Crippen LogP contribution >= 0.6 is 11.3 Å². The van der Waals surface area contributed by atoms with Crippen LogP contribution in [0.25, 0.3) is 42.7 Å². The first-order valence-electron chi connectivity index (χ1n) is 15.0. The minimum absolute atomic E-state index is 0. The van der Waals surface area contributed by atoms with Gasteiger partial charge in [-0.3, -0.25) is 0 Å². The molecule has 2 nitrogen and oxygen atoms in total. The van der Waals surface area contributed by atoms with Gasteiger partial charge in [0.2, 0.25) is 0 Å². The van der Waals surface area contributed by atoms with Crippen molar-refractivity contribution in [1.29, 1.82) is 0 Å². The standard InChI is InChI=1S/C23H24NSSi.C14H16NSi.Ir/c1-15(2)16-11-12-24-21(13-16)19-8-6-7-18-20-14-17(26(3,4)5)9-10-22(20)25-23(18)19;1-16(2,3)13-9-10-14(15-11-13)12-7-5-4-6-8-12;/h6-7,9-15H,1-5H3;4-7,9-11H,1-3H3;/q2*-1;/i15D;;. The largest absolute Gasteiger partial charge is 0.305 e. The molecule has 3 aromatic carbocycles. The molecule has 6 rings (SSSR count). The number of pyridine rings is 2. The van der Waals surface area contributed by atoms with Crippen LogP contribution in [-0.2, 0) is 20.1 Å². The molecule has 0 saturated carbocycles. The van der Waals surface area contributed by atoms with Crippen LogP contribution in [0.15, 0.2) is 91.3 Å². The van der Waals surface area contributed by atoms with Crippen molar-refractivity contribution < 1.29 is 21.5 Å². The van der Waals surface area contributed by atoms with Crippen LogP contribution in [0.5, 0.6) is 0 Å². The summed E-state index contributed by atoms with van der Waals surface area (Å²) in [5, 5.41) is 5.50. The van der Waals surface area contributed by atoms with Gasteiger partial charge in [0.1, 0.15) is 0 Å². The second-order valence-corrected chi connectivity index (χ2v) is 24.3. The Morgan fingerprint density at radius 3 is 2.12 bits per heavy atom. The number of hydrogen-bond donors (Lipinski definition) is 0. The summed E-state index contributed by atoms with van der Waals surface area (Å²) < 4.78 is 10.9. The third-order valence-corrected chi connectivity index (χ3v) is 12.8. The molecule has 43 heavy (non-hydrogen) atoms. The van der Waals surface area contributed by atoms with Gasteiger partial charge in [0.15, 0.2) is 0 Å². The number of aromatic nitrogens is 2. The normalized spacial score (nSPS) is 12.3. The molecule has 3 aromatic heterocycles. The molecule has 6 heteroatoms. The van der Waals surface area contributed by atoms with Crippen LogP contribution in [0.2, 0.25) is 39.3 Å². The van der Waals surface area contributed by atoms with E-state index in [2.05, 4.69) is 97.8 Å². The van der Waals surface area contributed by atoms with Gasteiger partial charge in [-0.25, -0.2) is 0 Å². The quantitative estimate of drug-likeness (QED) is 0.128. The molecule has 1 radical (unpaired) electrons. The van der Waals surface area contributed by atoms with Gasteiger partial charge in [0.05, 0.1) is 16.1 Å². The molecular formula is C37H40IrN2SSi2-2. The summed E-state index contributed by atoms with van der Waals surface area (Å²) in [5.74, 6) is -0.641. The first-order valence-corrected chi connectivity index (χ1v) is 22.3. The topological polar surface area (TPSA) is 25.8 Å². The van der Waals surface area contributed by atoms with E-state index in [0.717, 1.165) is 28.1 Å². The average Bonchev–Trinajstić information content (AvgIpc) is 3.35. The second kappa shape index (κ2) is 13.5. The number of fused-ring (bicyclic) bond motifs is 3. The Labute approximate surface area is 278 Å². The monoisotopic (exact) mass is 794 g/mol. The number of thiophene rings is 1. The van der Waals surface area contributed by atoms with Gasteiger partial charge in [0, 0.05) is 38.6 Å². The van der Waals surface area contributed by atoms with Crippen molar-refractivity contribution in [3.8, 4) is 22.5 Å². The first kappa shape index (κ1) is 31.7. The van der Waals surface area contributed by atoms with E-state index in [9.17, 15) is 0 Å². The number of nitrogens with zero attached hydrogens (tertiary/aromatic N) is 2. The Morgan fingerprint density at radius 2 is 1.49 bits per heavy atom. The fraction of sp³-hybridized carbons (Fsp3) is 0.243. The van der Waals surface area contributed by atoms with Gasteiger partial charge in [-0.15, -0.1) is 59.7 Å². The Hall–Kier alpha value is -2.74. The molecule has 0 aliphatic rings. The minimum atomic E-state index is -1.35. The zero-order chi connectivity index (χ0) is 31.0. The van der Waals surface area contributed by atoms with E-state index in [1.165, 1.54) is 30.5 Å². The number of benzene rings is 3. The summed E-state index contributed by atoms with van der Waals surface area (Å²) in [4.78, 5) is 9.12. The second-order valence-electron chi connectivity index (χ2n) is 13.0. The minimum Gasteiger partial charge on any atom is -0.305 e. The molecule has 6 aromatic rings. The summed E-state index contributed by atoms with van der Waals surface area (Å²) in [6.45, 7) is 18.0. The van der Waals surface area contributed by atoms with Crippen molar-refractivity contribution in [1.82, 2.24) is 9.97 Å². The van der Waals surface area contributed by atoms with Gasteiger partial charge in [0.25, 0.3) is 0 Å². The van der Waals surface area contributed by atoms with Crippen LogP contribution in [0.4, 0.5) is 0 Å². The molecule has 0 N–H and O–H groups in total. The summed E-state index contributed by atoms with van der Waals surface area (Å²) in [5.41, 5.74) is 4.97. The maximum absolute atomic E-state index is 8.33. The van der Waals surface area contributed by atoms with E-state index in [1.54, 1.807) is 0 Å². The van der Waals surface area contributed by atoms with Crippen molar-refractivity contribution in [3.05, 3.63) is 109 Å². The van der Waals surface area contributed by atoms with Gasteiger partial charge >= 0.3 is 0 Å². The summed E-state index contributed by atoms with van der Waals surface area (Å²) in [6.07, 6.45) is 3.83. The van der Waals surface area contributed by atoms with Gasteiger partial charge in [-0.2, -0.15) is 11.3 Å². The Morgan fingerprint density at radius 1 is 0.744 bits per heavy atom. The molecule has 223 valence electrons. The van der Waals surface area contributed by atoms with E-state index in [-0.39, 0.29) is 20.1 Å². The maximum Gasteiger partial charge on any atom is 0.0795 e. The van der Waals surface area contributed by atoms with Gasteiger partial charge in [-0.1, -0.05) is 99.6 Å². The molecule has 0 amide bonds. The van der Waals surface area contributed by atoms with Crippen molar-refractivity contribution in [3.63, 3.8) is 0 Å². The van der Waals surface area contributed by atoms with Gasteiger partial charge in [-0.05, 0) is 44.7 Å². The fourth-order valence-corrected chi connectivity index (χ4v) is 8.21. The van der Waals surface area contributed by atoms with Crippen LogP contribution in [0.3, 0.4) is 0 Å². The Kier molecular flexibility index (Phi) is 9.94. The Bertz CT molecular complexity index is 1870. The van der Waals surface area contributed by atoms with E-state index in [4.69, 9.17) is 1.37 Å². The molecule has 0 atom stereocenters. The zero-order valence-corrected chi connectivity index (χ0v) is 31.5. The van der Waals surface area contributed by atoms with Crippen molar-refractivity contribution in [2.45, 2.75) is 59.0 Å². The predicted octanol–water partition coefficient (Wildman–Crippen LogP) is 9.68. The van der Waals surface area contributed by atoms with Crippen LogP contribution in [0, 0.1) is 12.1 Å². The maximum atomic E-state index is 8.33. The molecule has 0 aliphatic carbocycles. The average molecular weight is 794 g/mol. The number of hydrogen-bond acceptors (Lipinski definition) is 3. The van der Waals surface area contributed by atoms with Crippen LogP contribution in [-0.4, -0.2) is 26.1 Å². The molecule has 0 fully saturated rings. The fourth-order valence-electron chi connectivity index (χ4n) is 4.83. The third kappa shape index (κ3) is 7.68. The molecule has 0 aliphatic heterocycles. The summed E-state index contributed by atoms with van der Waals surface area (Å²) >= 11 is 1.81. The SMILES string of the molecule is C[Si](C)(C)c1ccc(-c2[c-]cccc2)nc1.[2H]C(C)(C)c1ccnc(-c2[c-]ccc3c2sc2ccc([Si](C)(C)C)cc23)c1.[Ir]. The first-order chi connectivity index (χ1) is 20.2. The summed E-state index contributed by atoms with van der Waals surface area (Å²) in [6, 6.07) is 34.0. The van der Waals surface area contributed by atoms with Gasteiger partial charge < -0.3 is 9.97 Å². The summed E-state index contributed by atoms with van der Waals surface area (Å²) in [7, 11) is -2.58. The smallest absolute Gasteiger partial charge is 0.0795 e. The van der Waals surface area contributed by atoms with E-state index >= 15 is 0 Å². The van der Waals surface area contributed by atoms with E-state index in [0.29, 0.717) is 0 Å². The zero-order valence-electron chi connectivity index (χ0n) is 27.3. The van der Waals surface area contributed by atoms with E-state index in [1.807, 2.05) is 80.0 Å². The van der Waals surface area contributed by atoms with Crippen LogP contribution in [0.1, 0.15) is 26.7 Å². The van der Waals surface area contributed by atoms with Crippen molar-refractivity contribution >= 4 is 58.0 Å². The Balaban J connectivity index is 0.000000223. The third-order valence-electron chi connectivity index (χ3n) is 7.51. The molecule has 0 saturated heterocycles. The molecule has 3 heterocycles. The molecule has 0 bridgehead atoms. The predicted molar refractivity (Wildman–Crippen MR) is 190 cm³/mol.